The number of aliphatic carboxylic acids is 1. The van der Waals surface area contributed by atoms with Gasteiger partial charge >= 0.3 is 5.97 Å². The van der Waals surface area contributed by atoms with E-state index in [0.717, 1.165) is 24.2 Å². The van der Waals surface area contributed by atoms with Gasteiger partial charge in [-0.05, 0) is 19.8 Å². The molecule has 0 saturated heterocycles. The summed E-state index contributed by atoms with van der Waals surface area (Å²) in [6, 6.07) is -0.843. The van der Waals surface area contributed by atoms with Gasteiger partial charge in [0.1, 0.15) is 6.04 Å². The van der Waals surface area contributed by atoms with Crippen molar-refractivity contribution in [2.45, 2.75) is 31.2 Å². The van der Waals surface area contributed by atoms with Crippen LogP contribution < -0.4 is 5.73 Å². The molecule has 2 rings (SSSR count). The van der Waals surface area contributed by atoms with Crippen molar-refractivity contribution < 1.29 is 9.90 Å². The van der Waals surface area contributed by atoms with Crippen molar-refractivity contribution >= 4 is 5.97 Å². The molecule has 1 unspecified atom stereocenters. The highest BCUT2D eigenvalue weighted by atomic mass is 16.4. The average molecular weight is 195 g/mol. The smallest absolute Gasteiger partial charge is 0.321 e. The van der Waals surface area contributed by atoms with E-state index in [4.69, 9.17) is 10.8 Å². The first-order valence-corrected chi connectivity index (χ1v) is 4.57. The third-order valence-electron chi connectivity index (χ3n) is 2.95. The molecule has 1 aliphatic rings. The average Bonchev–Trinajstić information content (AvgIpc) is 2.83. The summed E-state index contributed by atoms with van der Waals surface area (Å²) in [6.07, 6.45) is 3.21. The van der Waals surface area contributed by atoms with Crippen LogP contribution in [-0.2, 0) is 10.2 Å². The lowest BCUT2D eigenvalue weighted by molar-refractivity contribution is -0.139. The van der Waals surface area contributed by atoms with Crippen LogP contribution in [0.1, 0.15) is 24.2 Å². The summed E-state index contributed by atoms with van der Waals surface area (Å²) < 4.78 is 0. The van der Waals surface area contributed by atoms with Crippen LogP contribution in [0.4, 0.5) is 0 Å². The second-order valence-corrected chi connectivity index (χ2v) is 3.85. The van der Waals surface area contributed by atoms with Crippen LogP contribution in [0.15, 0.2) is 6.33 Å². The number of rotatable bonds is 3. The molecule has 1 aliphatic carbocycles. The molecule has 1 atom stereocenters. The number of imidazole rings is 1. The van der Waals surface area contributed by atoms with Gasteiger partial charge in [-0.2, -0.15) is 0 Å². The van der Waals surface area contributed by atoms with Crippen LogP contribution in [0.25, 0.3) is 0 Å². The maximum absolute atomic E-state index is 10.8. The number of aromatic nitrogens is 2. The van der Waals surface area contributed by atoms with Crippen molar-refractivity contribution in [3.05, 3.63) is 17.7 Å². The van der Waals surface area contributed by atoms with Crippen molar-refractivity contribution in [1.29, 1.82) is 0 Å². The standard InChI is InChI=1S/C9H13N3O2/c1-5-7(12-4-11-5)9(2-3-9)6(10)8(13)14/h4,6H,2-3,10H2,1H3,(H,11,12)(H,13,14). The van der Waals surface area contributed by atoms with Gasteiger partial charge in [-0.25, -0.2) is 4.98 Å². The summed E-state index contributed by atoms with van der Waals surface area (Å²) in [7, 11) is 0. The molecular weight excluding hydrogens is 182 g/mol. The molecule has 1 fully saturated rings. The Morgan fingerprint density at radius 1 is 1.79 bits per heavy atom. The van der Waals surface area contributed by atoms with Crippen LogP contribution in [0.5, 0.6) is 0 Å². The van der Waals surface area contributed by atoms with E-state index in [1.165, 1.54) is 0 Å². The van der Waals surface area contributed by atoms with Crippen molar-refractivity contribution in [3.8, 4) is 0 Å². The van der Waals surface area contributed by atoms with Gasteiger partial charge in [-0.3, -0.25) is 4.79 Å². The zero-order valence-corrected chi connectivity index (χ0v) is 7.95. The van der Waals surface area contributed by atoms with Gasteiger partial charge in [0.2, 0.25) is 0 Å². The topological polar surface area (TPSA) is 92.0 Å². The van der Waals surface area contributed by atoms with Gasteiger partial charge < -0.3 is 15.8 Å². The Kier molecular flexibility index (Phi) is 1.85. The van der Waals surface area contributed by atoms with Crippen molar-refractivity contribution in [2.24, 2.45) is 5.73 Å². The first-order valence-electron chi connectivity index (χ1n) is 4.57. The molecule has 1 saturated carbocycles. The predicted octanol–water partition coefficient (Wildman–Crippen LogP) is 0.162. The van der Waals surface area contributed by atoms with E-state index in [-0.39, 0.29) is 0 Å². The summed E-state index contributed by atoms with van der Waals surface area (Å²) in [5.41, 5.74) is 6.97. The highest BCUT2D eigenvalue weighted by Gasteiger charge is 2.54. The highest BCUT2D eigenvalue weighted by Crippen LogP contribution is 2.50. The molecule has 1 heterocycles. The Balaban J connectivity index is 2.34. The minimum Gasteiger partial charge on any atom is -0.480 e. The monoisotopic (exact) mass is 195 g/mol. The Bertz CT molecular complexity index is 368. The molecule has 1 aromatic heterocycles. The maximum Gasteiger partial charge on any atom is 0.321 e. The Morgan fingerprint density at radius 2 is 2.43 bits per heavy atom. The molecule has 0 aromatic carbocycles. The molecule has 1 aromatic rings. The van der Waals surface area contributed by atoms with Crippen molar-refractivity contribution in [2.75, 3.05) is 0 Å². The van der Waals surface area contributed by atoms with Crippen LogP contribution in [0.3, 0.4) is 0 Å². The van der Waals surface area contributed by atoms with E-state index in [0.29, 0.717) is 0 Å². The van der Waals surface area contributed by atoms with E-state index in [1.54, 1.807) is 6.33 Å². The fourth-order valence-corrected chi connectivity index (χ4v) is 1.93. The number of hydrogen-bond acceptors (Lipinski definition) is 3. The summed E-state index contributed by atoms with van der Waals surface area (Å²) >= 11 is 0. The van der Waals surface area contributed by atoms with Gasteiger partial charge in [0, 0.05) is 11.1 Å². The summed E-state index contributed by atoms with van der Waals surface area (Å²) in [5, 5.41) is 8.88. The fraction of sp³-hybridized carbons (Fsp3) is 0.556. The number of carbonyl (C=O) groups is 1. The molecule has 0 amide bonds. The molecule has 5 heteroatoms. The van der Waals surface area contributed by atoms with Gasteiger partial charge in [-0.1, -0.05) is 0 Å². The Morgan fingerprint density at radius 3 is 2.79 bits per heavy atom. The predicted molar refractivity (Wildman–Crippen MR) is 49.8 cm³/mol. The van der Waals surface area contributed by atoms with Crippen LogP contribution in [0.2, 0.25) is 0 Å². The Hall–Kier alpha value is -1.36. The highest BCUT2D eigenvalue weighted by molar-refractivity contribution is 5.76. The van der Waals surface area contributed by atoms with E-state index in [1.807, 2.05) is 6.92 Å². The largest absolute Gasteiger partial charge is 0.480 e. The zero-order chi connectivity index (χ0) is 10.3. The third-order valence-corrected chi connectivity index (χ3v) is 2.95. The van der Waals surface area contributed by atoms with E-state index >= 15 is 0 Å². The normalized spacial score (nSPS) is 20.4. The van der Waals surface area contributed by atoms with Crippen molar-refractivity contribution in [3.63, 3.8) is 0 Å². The number of nitrogens with zero attached hydrogens (tertiary/aromatic N) is 1. The molecule has 0 spiro atoms. The number of aryl methyl sites for hydroxylation is 1. The van der Waals surface area contributed by atoms with Gasteiger partial charge in [0.15, 0.2) is 0 Å². The number of nitrogens with one attached hydrogen (secondary N) is 1. The molecule has 76 valence electrons. The van der Waals surface area contributed by atoms with Crippen molar-refractivity contribution in [1.82, 2.24) is 9.97 Å². The van der Waals surface area contributed by atoms with Crippen LogP contribution >= 0.6 is 0 Å². The molecule has 0 radical (unpaired) electrons. The number of H-pyrrole nitrogens is 1. The molecule has 5 nitrogen and oxygen atoms in total. The maximum atomic E-state index is 10.8. The molecule has 0 bridgehead atoms. The number of hydrogen-bond donors (Lipinski definition) is 3. The fourth-order valence-electron chi connectivity index (χ4n) is 1.93. The Labute approximate surface area is 81.3 Å². The van der Waals surface area contributed by atoms with Gasteiger partial charge in [0.05, 0.1) is 12.0 Å². The van der Waals surface area contributed by atoms with E-state index < -0.39 is 17.4 Å². The van der Waals surface area contributed by atoms with Crippen LogP contribution in [0, 0.1) is 6.92 Å². The van der Waals surface area contributed by atoms with E-state index in [2.05, 4.69) is 9.97 Å². The lowest BCUT2D eigenvalue weighted by atomic mass is 9.92. The second kappa shape index (κ2) is 2.81. The molecule has 14 heavy (non-hydrogen) atoms. The number of nitrogens with two attached hydrogens (primary N) is 1. The minimum atomic E-state index is -0.954. The zero-order valence-electron chi connectivity index (χ0n) is 7.95. The second-order valence-electron chi connectivity index (χ2n) is 3.85. The minimum absolute atomic E-state index is 0.421. The number of aromatic amines is 1. The first-order chi connectivity index (χ1) is 6.58. The quantitative estimate of drug-likeness (QED) is 0.640. The lowest BCUT2D eigenvalue weighted by Crippen LogP contribution is -2.42. The summed E-state index contributed by atoms with van der Waals surface area (Å²) in [5.74, 6) is -0.954. The third kappa shape index (κ3) is 1.13. The number of carboxylic acid groups (broad SMARTS) is 1. The molecular formula is C9H13N3O2. The van der Waals surface area contributed by atoms with Gasteiger partial charge in [-0.15, -0.1) is 0 Å². The lowest BCUT2D eigenvalue weighted by Gasteiger charge is -2.18. The summed E-state index contributed by atoms with van der Waals surface area (Å²) in [4.78, 5) is 17.9. The SMILES string of the molecule is Cc1[nH]cnc1C1(C(N)C(=O)O)CC1. The van der Waals surface area contributed by atoms with E-state index in [9.17, 15) is 4.79 Å². The van der Waals surface area contributed by atoms with Gasteiger partial charge in [0.25, 0.3) is 0 Å². The van der Waals surface area contributed by atoms with Crippen LogP contribution in [-0.4, -0.2) is 27.1 Å². The number of carboxylic acids is 1. The first kappa shape index (κ1) is 9.21. The molecule has 4 N–H and O–H groups in total. The molecule has 0 aliphatic heterocycles. The summed E-state index contributed by atoms with van der Waals surface area (Å²) in [6.45, 7) is 1.89.